The summed E-state index contributed by atoms with van der Waals surface area (Å²) in [5.74, 6) is 1.13. The molecule has 2 aromatic carbocycles. The molecule has 0 aliphatic carbocycles. The minimum absolute atomic E-state index is 0.0283. The van der Waals surface area contributed by atoms with Gasteiger partial charge in [-0.2, -0.15) is 0 Å². The molecule has 0 amide bonds. The van der Waals surface area contributed by atoms with Crippen molar-refractivity contribution in [1.82, 2.24) is 9.55 Å². The van der Waals surface area contributed by atoms with Crippen LogP contribution >= 0.6 is 0 Å². The third-order valence-electron chi connectivity index (χ3n) is 6.95. The molecule has 3 aromatic heterocycles. The lowest BCUT2D eigenvalue weighted by molar-refractivity contribution is -0.659. The number of imidazole rings is 1. The van der Waals surface area contributed by atoms with Gasteiger partial charge in [0.15, 0.2) is 5.58 Å². The average molecular weight is 467 g/mol. The molecule has 0 spiro atoms. The zero-order chi connectivity index (χ0) is 25.3. The van der Waals surface area contributed by atoms with Gasteiger partial charge in [0.2, 0.25) is 0 Å². The molecule has 4 nitrogen and oxygen atoms in total. The number of hydrogen-bond donors (Lipinski definition) is 0. The Kier molecular flexibility index (Phi) is 5.21. The molecular formula is C31H36N3O+. The number of aryl methyl sites for hydroxylation is 3. The van der Waals surface area contributed by atoms with Gasteiger partial charge < -0.3 is 4.42 Å². The van der Waals surface area contributed by atoms with E-state index in [0.29, 0.717) is 0 Å². The molecular weight excluding hydrogens is 430 g/mol. The van der Waals surface area contributed by atoms with Gasteiger partial charge in [0.05, 0.1) is 14.1 Å². The van der Waals surface area contributed by atoms with E-state index in [1.807, 2.05) is 0 Å². The van der Waals surface area contributed by atoms with Gasteiger partial charge in [-0.25, -0.2) is 9.13 Å². The topological polar surface area (TPSA) is 34.8 Å². The molecule has 35 heavy (non-hydrogen) atoms. The minimum Gasteiger partial charge on any atom is -0.455 e. The number of furan rings is 1. The lowest BCUT2D eigenvalue weighted by Crippen LogP contribution is -2.29. The molecule has 3 heterocycles. The summed E-state index contributed by atoms with van der Waals surface area (Å²) in [5.41, 5.74) is 8.76. The Morgan fingerprint density at radius 1 is 0.829 bits per heavy atom. The molecule has 5 rings (SSSR count). The standard InChI is InChI=1S/C31H36N3O/c1-19-10-12-22-23-16-20(21-17-25(30(2,3)4)32-26(18-21)31(5,6)7)11-13-24(23)35-28(22)27(19)29-33(8)14-15-34(29)9/h10-18H,1-9H3/q+1. The largest absolute Gasteiger partial charge is 0.455 e. The second-order valence-corrected chi connectivity index (χ2v) is 11.9. The number of benzene rings is 2. The first-order valence-corrected chi connectivity index (χ1v) is 12.4. The maximum Gasteiger partial charge on any atom is 0.292 e. The van der Waals surface area contributed by atoms with Crippen molar-refractivity contribution in [3.8, 4) is 22.5 Å². The summed E-state index contributed by atoms with van der Waals surface area (Å²) in [4.78, 5) is 5.05. The monoisotopic (exact) mass is 466 g/mol. The summed E-state index contributed by atoms with van der Waals surface area (Å²) in [6, 6.07) is 15.5. The van der Waals surface area contributed by atoms with Crippen LogP contribution < -0.4 is 4.57 Å². The fourth-order valence-electron chi connectivity index (χ4n) is 4.80. The van der Waals surface area contributed by atoms with Gasteiger partial charge in [0, 0.05) is 33.0 Å². The van der Waals surface area contributed by atoms with Crippen LogP contribution in [0.1, 0.15) is 58.5 Å². The maximum atomic E-state index is 6.51. The van der Waals surface area contributed by atoms with Crippen molar-refractivity contribution >= 4 is 21.9 Å². The van der Waals surface area contributed by atoms with Crippen LogP contribution in [-0.4, -0.2) is 9.55 Å². The van der Waals surface area contributed by atoms with E-state index in [9.17, 15) is 0 Å². The fraction of sp³-hybridized carbons (Fsp3) is 0.355. The molecule has 5 aromatic rings. The van der Waals surface area contributed by atoms with E-state index in [1.54, 1.807) is 0 Å². The molecule has 0 fully saturated rings. The molecule has 0 radical (unpaired) electrons. The van der Waals surface area contributed by atoms with Crippen LogP contribution in [0.2, 0.25) is 0 Å². The third kappa shape index (κ3) is 3.95. The first kappa shape index (κ1) is 23.3. The smallest absolute Gasteiger partial charge is 0.292 e. The highest BCUT2D eigenvalue weighted by Crippen LogP contribution is 2.39. The second-order valence-electron chi connectivity index (χ2n) is 11.9. The van der Waals surface area contributed by atoms with Gasteiger partial charge >= 0.3 is 0 Å². The number of aromatic nitrogens is 3. The van der Waals surface area contributed by atoms with Gasteiger partial charge in [-0.05, 0) is 47.9 Å². The van der Waals surface area contributed by atoms with E-state index in [1.165, 1.54) is 16.7 Å². The van der Waals surface area contributed by atoms with Crippen molar-refractivity contribution in [2.75, 3.05) is 0 Å². The summed E-state index contributed by atoms with van der Waals surface area (Å²) in [6.07, 6.45) is 4.16. The first-order valence-electron chi connectivity index (χ1n) is 12.4. The van der Waals surface area contributed by atoms with Crippen LogP contribution in [-0.2, 0) is 24.9 Å². The summed E-state index contributed by atoms with van der Waals surface area (Å²) in [5, 5.41) is 2.28. The van der Waals surface area contributed by atoms with Crippen LogP contribution in [0, 0.1) is 6.92 Å². The lowest BCUT2D eigenvalue weighted by atomic mass is 9.85. The Labute approximate surface area is 208 Å². The van der Waals surface area contributed by atoms with Gasteiger partial charge in [0.1, 0.15) is 23.5 Å². The normalized spacial score (nSPS) is 12.7. The SMILES string of the molecule is Cc1ccc2c(oc3ccc(-c4cc(C(C)(C)C)nc(C(C)(C)C)c4)cc32)c1-c1n(C)cc[n+]1C. The zero-order valence-electron chi connectivity index (χ0n) is 22.4. The quantitative estimate of drug-likeness (QED) is 0.254. The van der Waals surface area contributed by atoms with E-state index in [-0.39, 0.29) is 10.8 Å². The Balaban J connectivity index is 1.76. The Bertz CT molecular complexity index is 1530. The highest BCUT2D eigenvalue weighted by atomic mass is 16.3. The first-order chi connectivity index (χ1) is 16.3. The van der Waals surface area contributed by atoms with Crippen LogP contribution in [0.15, 0.2) is 59.3 Å². The van der Waals surface area contributed by atoms with Gasteiger partial charge in [-0.1, -0.05) is 59.7 Å². The Morgan fingerprint density at radius 2 is 1.49 bits per heavy atom. The second kappa shape index (κ2) is 7.81. The minimum atomic E-state index is -0.0283. The summed E-state index contributed by atoms with van der Waals surface area (Å²) in [7, 11) is 4.16. The molecule has 0 saturated carbocycles. The number of fused-ring (bicyclic) bond motifs is 3. The number of nitrogens with zero attached hydrogens (tertiary/aromatic N) is 3. The fourth-order valence-corrected chi connectivity index (χ4v) is 4.80. The van der Waals surface area contributed by atoms with Crippen molar-refractivity contribution < 1.29 is 8.98 Å². The van der Waals surface area contributed by atoms with Gasteiger partial charge in [-0.3, -0.25) is 4.98 Å². The highest BCUT2D eigenvalue weighted by Gasteiger charge is 2.25. The van der Waals surface area contributed by atoms with Crippen molar-refractivity contribution in [1.29, 1.82) is 0 Å². The van der Waals surface area contributed by atoms with Gasteiger partial charge in [-0.15, -0.1) is 0 Å². The van der Waals surface area contributed by atoms with E-state index < -0.39 is 0 Å². The van der Waals surface area contributed by atoms with Crippen LogP contribution in [0.25, 0.3) is 44.5 Å². The van der Waals surface area contributed by atoms with Crippen molar-refractivity contribution in [3.63, 3.8) is 0 Å². The summed E-state index contributed by atoms with van der Waals surface area (Å²) in [6.45, 7) is 15.5. The zero-order valence-corrected chi connectivity index (χ0v) is 22.4. The predicted octanol–water partition coefficient (Wildman–Crippen LogP) is 7.38. The van der Waals surface area contributed by atoms with E-state index >= 15 is 0 Å². The number of rotatable bonds is 2. The van der Waals surface area contributed by atoms with Crippen molar-refractivity contribution in [2.45, 2.75) is 59.3 Å². The molecule has 0 bridgehead atoms. The van der Waals surface area contributed by atoms with Crippen LogP contribution in [0.4, 0.5) is 0 Å². The Hall–Kier alpha value is -3.40. The van der Waals surface area contributed by atoms with Crippen LogP contribution in [0.5, 0.6) is 0 Å². The van der Waals surface area contributed by atoms with Crippen LogP contribution in [0.3, 0.4) is 0 Å². The number of pyridine rings is 1. The Morgan fingerprint density at radius 3 is 2.06 bits per heavy atom. The maximum absolute atomic E-state index is 6.51. The highest BCUT2D eigenvalue weighted by molar-refractivity contribution is 6.10. The van der Waals surface area contributed by atoms with E-state index in [2.05, 4.69) is 127 Å². The average Bonchev–Trinajstić information content (AvgIpc) is 3.31. The van der Waals surface area contributed by atoms with Gasteiger partial charge in [0.25, 0.3) is 5.82 Å². The molecule has 0 saturated heterocycles. The molecule has 180 valence electrons. The summed E-state index contributed by atoms with van der Waals surface area (Å²) >= 11 is 0. The van der Waals surface area contributed by atoms with E-state index in [4.69, 9.17) is 9.40 Å². The third-order valence-corrected chi connectivity index (χ3v) is 6.95. The molecule has 0 aliphatic heterocycles. The molecule has 0 N–H and O–H groups in total. The molecule has 0 aliphatic rings. The number of hydrogen-bond acceptors (Lipinski definition) is 2. The molecule has 0 unspecified atom stereocenters. The lowest BCUT2D eigenvalue weighted by Gasteiger charge is -2.25. The molecule has 4 heteroatoms. The van der Waals surface area contributed by atoms with Crippen molar-refractivity contribution in [3.05, 3.63) is 71.8 Å². The molecule has 0 atom stereocenters. The van der Waals surface area contributed by atoms with Crippen molar-refractivity contribution in [2.24, 2.45) is 14.1 Å². The predicted molar refractivity (Wildman–Crippen MR) is 145 cm³/mol. The van der Waals surface area contributed by atoms with E-state index in [0.717, 1.165) is 44.7 Å². The summed E-state index contributed by atoms with van der Waals surface area (Å²) < 4.78 is 10.8.